The highest BCUT2D eigenvalue weighted by Gasteiger charge is 2.56. The fourth-order valence-electron chi connectivity index (χ4n) is 2.47. The Morgan fingerprint density at radius 1 is 0.933 bits per heavy atom. The number of alkyl halides is 3. The van der Waals surface area contributed by atoms with Crippen LogP contribution < -0.4 is 0 Å². The summed E-state index contributed by atoms with van der Waals surface area (Å²) >= 11 is 0. The van der Waals surface area contributed by atoms with E-state index in [2.05, 4.69) is 0 Å². The highest BCUT2D eigenvalue weighted by Crippen LogP contribution is 2.52. The molecule has 0 heterocycles. The molecule has 0 bridgehead atoms. The summed E-state index contributed by atoms with van der Waals surface area (Å²) in [4.78, 5) is 0. The largest absolute Gasteiger partial charge is 0.394 e. The predicted molar refractivity (Wildman–Crippen MR) is 57.7 cm³/mol. The Balaban J connectivity index is 5.18. The molecular formula is C12H23F3. The van der Waals surface area contributed by atoms with Crippen LogP contribution in [-0.2, 0) is 0 Å². The summed E-state index contributed by atoms with van der Waals surface area (Å²) in [6.07, 6.45) is -2.33. The van der Waals surface area contributed by atoms with Gasteiger partial charge in [-0.2, -0.15) is 13.2 Å². The molecule has 0 N–H and O–H groups in total. The van der Waals surface area contributed by atoms with Gasteiger partial charge in [0.05, 0.1) is 5.41 Å². The van der Waals surface area contributed by atoms with Crippen molar-refractivity contribution < 1.29 is 13.2 Å². The van der Waals surface area contributed by atoms with Crippen molar-refractivity contribution in [2.24, 2.45) is 17.3 Å². The summed E-state index contributed by atoms with van der Waals surface area (Å²) < 4.78 is 39.5. The quantitative estimate of drug-likeness (QED) is 0.614. The van der Waals surface area contributed by atoms with Crippen molar-refractivity contribution in [1.29, 1.82) is 0 Å². The molecule has 0 aliphatic rings. The minimum absolute atomic E-state index is 0.271. The molecule has 0 radical (unpaired) electrons. The molecule has 0 amide bonds. The first-order chi connectivity index (χ1) is 6.75. The second kappa shape index (κ2) is 5.22. The van der Waals surface area contributed by atoms with E-state index in [1.54, 1.807) is 6.92 Å². The number of halogens is 3. The molecule has 92 valence electrons. The highest BCUT2D eigenvalue weighted by molar-refractivity contribution is 4.91. The summed E-state index contributed by atoms with van der Waals surface area (Å²) in [7, 11) is 0. The Morgan fingerprint density at radius 3 is 1.53 bits per heavy atom. The van der Waals surface area contributed by atoms with Crippen LogP contribution in [0.15, 0.2) is 0 Å². The van der Waals surface area contributed by atoms with Gasteiger partial charge in [-0.3, -0.25) is 0 Å². The van der Waals surface area contributed by atoms with Gasteiger partial charge in [-0.25, -0.2) is 0 Å². The molecule has 0 aromatic carbocycles. The minimum Gasteiger partial charge on any atom is -0.170 e. The first kappa shape index (κ1) is 14.8. The topological polar surface area (TPSA) is 0 Å². The van der Waals surface area contributed by atoms with Crippen LogP contribution in [0.5, 0.6) is 0 Å². The fraction of sp³-hybridized carbons (Fsp3) is 1.00. The normalized spacial score (nSPS) is 19.0. The maximum atomic E-state index is 13.2. The Labute approximate surface area is 91.3 Å². The standard InChI is InChI=1S/C12H23F3/c1-6-9(4)11(5,12(13,14)15)10(7-2)8-3/h9-10H,6-8H2,1-5H3/t9?,11-/m0/s1. The third-order valence-corrected chi connectivity index (χ3v) is 4.08. The molecule has 0 saturated heterocycles. The zero-order chi connectivity index (χ0) is 12.3. The van der Waals surface area contributed by atoms with Crippen molar-refractivity contribution in [1.82, 2.24) is 0 Å². The second-order valence-corrected chi connectivity index (χ2v) is 4.60. The molecule has 15 heavy (non-hydrogen) atoms. The van der Waals surface area contributed by atoms with Gasteiger partial charge in [0.15, 0.2) is 0 Å². The van der Waals surface area contributed by atoms with Crippen LogP contribution in [0.2, 0.25) is 0 Å². The van der Waals surface area contributed by atoms with Crippen LogP contribution in [0.3, 0.4) is 0 Å². The first-order valence-electron chi connectivity index (χ1n) is 5.82. The summed E-state index contributed by atoms with van der Waals surface area (Å²) in [6, 6.07) is 0. The van der Waals surface area contributed by atoms with Gasteiger partial charge in [0, 0.05) is 0 Å². The van der Waals surface area contributed by atoms with Crippen molar-refractivity contribution in [3.05, 3.63) is 0 Å². The van der Waals surface area contributed by atoms with Crippen LogP contribution in [0.1, 0.15) is 53.9 Å². The van der Waals surface area contributed by atoms with E-state index in [0.717, 1.165) is 0 Å². The Bertz CT molecular complexity index is 182. The van der Waals surface area contributed by atoms with E-state index in [-0.39, 0.29) is 11.8 Å². The van der Waals surface area contributed by atoms with Gasteiger partial charge >= 0.3 is 6.18 Å². The maximum absolute atomic E-state index is 13.2. The molecule has 0 aromatic heterocycles. The van der Waals surface area contributed by atoms with Gasteiger partial charge < -0.3 is 0 Å². The predicted octanol–water partition coefficient (Wildman–Crippen LogP) is 5.04. The van der Waals surface area contributed by atoms with E-state index >= 15 is 0 Å². The van der Waals surface area contributed by atoms with Crippen molar-refractivity contribution in [3.8, 4) is 0 Å². The lowest BCUT2D eigenvalue weighted by atomic mass is 9.65. The lowest BCUT2D eigenvalue weighted by Gasteiger charge is -2.43. The molecular weight excluding hydrogens is 201 g/mol. The van der Waals surface area contributed by atoms with E-state index in [9.17, 15) is 13.2 Å². The molecule has 0 spiro atoms. The van der Waals surface area contributed by atoms with Crippen LogP contribution in [0, 0.1) is 17.3 Å². The lowest BCUT2D eigenvalue weighted by molar-refractivity contribution is -0.255. The van der Waals surface area contributed by atoms with Crippen LogP contribution in [0.25, 0.3) is 0 Å². The van der Waals surface area contributed by atoms with E-state index in [1.807, 2.05) is 20.8 Å². The molecule has 2 atom stereocenters. The smallest absolute Gasteiger partial charge is 0.170 e. The second-order valence-electron chi connectivity index (χ2n) is 4.60. The van der Waals surface area contributed by atoms with E-state index in [0.29, 0.717) is 19.3 Å². The van der Waals surface area contributed by atoms with Gasteiger partial charge in [-0.05, 0) is 11.8 Å². The molecule has 0 rings (SSSR count). The van der Waals surface area contributed by atoms with Gasteiger partial charge in [0.2, 0.25) is 0 Å². The molecule has 0 aliphatic carbocycles. The van der Waals surface area contributed by atoms with Gasteiger partial charge in [-0.15, -0.1) is 0 Å². The van der Waals surface area contributed by atoms with E-state index in [4.69, 9.17) is 0 Å². The average molecular weight is 224 g/mol. The summed E-state index contributed by atoms with van der Waals surface area (Å²) in [6.45, 7) is 8.63. The molecule has 1 unspecified atom stereocenters. The van der Waals surface area contributed by atoms with Crippen molar-refractivity contribution in [3.63, 3.8) is 0 Å². The zero-order valence-electron chi connectivity index (χ0n) is 10.4. The van der Waals surface area contributed by atoms with Crippen LogP contribution in [-0.4, -0.2) is 6.18 Å². The average Bonchev–Trinajstić information content (AvgIpc) is 2.16. The maximum Gasteiger partial charge on any atom is 0.394 e. The number of rotatable bonds is 5. The third-order valence-electron chi connectivity index (χ3n) is 4.08. The van der Waals surface area contributed by atoms with Crippen molar-refractivity contribution in [2.75, 3.05) is 0 Å². The summed E-state index contributed by atoms with van der Waals surface area (Å²) in [5.74, 6) is -0.588. The Kier molecular flexibility index (Phi) is 5.15. The SMILES string of the molecule is CCC(C)[C@@](C)(C(CC)CC)C(F)(F)F. The third kappa shape index (κ3) is 2.67. The van der Waals surface area contributed by atoms with Crippen molar-refractivity contribution in [2.45, 2.75) is 60.1 Å². The molecule has 0 nitrogen and oxygen atoms in total. The zero-order valence-corrected chi connectivity index (χ0v) is 10.4. The first-order valence-corrected chi connectivity index (χ1v) is 5.82. The highest BCUT2D eigenvalue weighted by atomic mass is 19.4. The summed E-state index contributed by atoms with van der Waals surface area (Å²) in [5.41, 5.74) is -1.54. The van der Waals surface area contributed by atoms with Crippen LogP contribution in [0.4, 0.5) is 13.2 Å². The molecule has 0 fully saturated rings. The number of hydrogen-bond donors (Lipinski definition) is 0. The lowest BCUT2D eigenvalue weighted by Crippen LogP contribution is -2.46. The fourth-order valence-corrected chi connectivity index (χ4v) is 2.47. The van der Waals surface area contributed by atoms with Gasteiger partial charge in [0.1, 0.15) is 0 Å². The molecule has 0 aliphatic heterocycles. The molecule has 0 saturated carbocycles. The minimum atomic E-state index is -4.10. The Hall–Kier alpha value is -0.210. The Morgan fingerprint density at radius 2 is 1.33 bits per heavy atom. The molecule has 3 heteroatoms. The summed E-state index contributed by atoms with van der Waals surface area (Å²) in [5, 5.41) is 0. The van der Waals surface area contributed by atoms with E-state index < -0.39 is 11.6 Å². The van der Waals surface area contributed by atoms with Gasteiger partial charge in [0.25, 0.3) is 0 Å². The van der Waals surface area contributed by atoms with Crippen molar-refractivity contribution >= 4 is 0 Å². The number of hydrogen-bond acceptors (Lipinski definition) is 0. The monoisotopic (exact) mass is 224 g/mol. The van der Waals surface area contributed by atoms with Crippen LogP contribution >= 0.6 is 0 Å². The van der Waals surface area contributed by atoms with E-state index in [1.165, 1.54) is 6.92 Å². The molecule has 0 aromatic rings. The van der Waals surface area contributed by atoms with Gasteiger partial charge in [-0.1, -0.05) is 53.9 Å².